The van der Waals surface area contributed by atoms with Gasteiger partial charge in [0.15, 0.2) is 0 Å². The summed E-state index contributed by atoms with van der Waals surface area (Å²) in [4.78, 5) is 0. The first-order valence-electron chi connectivity index (χ1n) is 15.4. The Bertz CT molecular complexity index is 1280. The minimum absolute atomic E-state index is 0.473. The van der Waals surface area contributed by atoms with E-state index in [0.717, 1.165) is 28.5 Å². The van der Waals surface area contributed by atoms with Crippen LogP contribution in [0.4, 0.5) is 0 Å². The molecule has 40 heavy (non-hydrogen) atoms. The van der Waals surface area contributed by atoms with Crippen LogP contribution in [0.15, 0.2) is 97.1 Å². The molecule has 9 atom stereocenters. The fourth-order valence-electron chi connectivity index (χ4n) is 9.53. The van der Waals surface area contributed by atoms with Crippen molar-refractivity contribution in [3.05, 3.63) is 108 Å². The van der Waals surface area contributed by atoms with Crippen molar-refractivity contribution in [1.29, 1.82) is 0 Å². The number of fused-ring (bicyclic) bond motifs is 2. The largest absolute Gasteiger partial charge is 0.497 e. The molecule has 2 saturated carbocycles. The van der Waals surface area contributed by atoms with Crippen molar-refractivity contribution < 1.29 is 9.47 Å². The molecule has 0 heterocycles. The minimum Gasteiger partial charge on any atom is -0.497 e. The van der Waals surface area contributed by atoms with Crippen LogP contribution >= 0.6 is 0 Å². The van der Waals surface area contributed by atoms with Gasteiger partial charge in [-0.15, -0.1) is 0 Å². The van der Waals surface area contributed by atoms with Crippen LogP contribution in [0.1, 0.15) is 49.1 Å². The maximum Gasteiger partial charge on any atom is 0.118 e. The lowest BCUT2D eigenvalue weighted by atomic mass is 9.80. The summed E-state index contributed by atoms with van der Waals surface area (Å²) >= 11 is 0. The van der Waals surface area contributed by atoms with Crippen LogP contribution in [-0.4, -0.2) is 22.3 Å². The van der Waals surface area contributed by atoms with E-state index in [-0.39, 0.29) is 0 Å². The van der Waals surface area contributed by atoms with E-state index in [1.54, 1.807) is 14.2 Å². The van der Waals surface area contributed by atoms with Gasteiger partial charge in [-0.1, -0.05) is 99.3 Å². The zero-order chi connectivity index (χ0) is 27.9. The zero-order valence-electron chi connectivity index (χ0n) is 24.9. The predicted octanol–water partition coefficient (Wildman–Crippen LogP) is 9.57. The first kappa shape index (κ1) is 27.4. The molecule has 2 nitrogen and oxygen atoms in total. The van der Waals surface area contributed by atoms with E-state index >= 15 is 0 Å². The van der Waals surface area contributed by atoms with Gasteiger partial charge in [-0.25, -0.2) is 0 Å². The average molecular weight is 551 g/mol. The third-order valence-corrected chi connectivity index (χ3v) is 16.5. The highest BCUT2D eigenvalue weighted by atomic mass is 28.3. The molecule has 9 unspecified atom stereocenters. The summed E-state index contributed by atoms with van der Waals surface area (Å²) in [5.41, 5.74) is 4.50. The van der Waals surface area contributed by atoms with Crippen molar-refractivity contribution in [2.45, 2.75) is 62.2 Å². The summed E-state index contributed by atoms with van der Waals surface area (Å²) < 4.78 is 10.9. The third-order valence-electron chi connectivity index (χ3n) is 11.2. The van der Waals surface area contributed by atoms with Gasteiger partial charge in [0.05, 0.1) is 22.3 Å². The molecule has 2 fully saturated rings. The molecule has 2 aromatic carbocycles. The van der Waals surface area contributed by atoms with Crippen LogP contribution in [0.2, 0.25) is 24.2 Å². The lowest BCUT2D eigenvalue weighted by Crippen LogP contribution is -2.44. The number of hydrogen-bond acceptors (Lipinski definition) is 2. The van der Waals surface area contributed by atoms with Gasteiger partial charge >= 0.3 is 0 Å². The number of hydrogen-bond donors (Lipinski definition) is 0. The van der Waals surface area contributed by atoms with E-state index in [0.29, 0.717) is 35.5 Å². The second kappa shape index (κ2) is 11.2. The first-order valence-corrected chi connectivity index (χ1v) is 18.6. The maximum absolute atomic E-state index is 5.46. The molecular weight excluding hydrogens is 504 g/mol. The van der Waals surface area contributed by atoms with Crippen molar-refractivity contribution in [3.8, 4) is 11.5 Å². The fraction of sp³-hybridized carbons (Fsp3) is 0.459. The summed E-state index contributed by atoms with van der Waals surface area (Å²) in [5.74, 6) is 6.28. The van der Waals surface area contributed by atoms with Crippen LogP contribution in [0.25, 0.3) is 0 Å². The van der Waals surface area contributed by atoms with Crippen LogP contribution in [-0.2, 0) is 0 Å². The second-order valence-electron chi connectivity index (χ2n) is 13.4. The fourth-order valence-corrected chi connectivity index (χ4v) is 15.2. The Morgan fingerprint density at radius 1 is 0.625 bits per heavy atom. The van der Waals surface area contributed by atoms with E-state index < -0.39 is 8.07 Å². The van der Waals surface area contributed by atoms with Crippen molar-refractivity contribution in [3.63, 3.8) is 0 Å². The first-order chi connectivity index (χ1) is 19.4. The monoisotopic (exact) mass is 550 g/mol. The molecule has 0 aliphatic heterocycles. The van der Waals surface area contributed by atoms with Crippen LogP contribution < -0.4 is 9.47 Å². The van der Waals surface area contributed by atoms with E-state index in [1.165, 1.54) is 30.4 Å². The molecule has 4 aliphatic rings. The SMILES string of the molecule is COc1ccc(C2C=CC=CC3C2CCC3[Si](C)(C)C2C(C)CC3C(c4ccc(OC)cc4)C=CC=CC32)cc1. The molecule has 0 amide bonds. The topological polar surface area (TPSA) is 18.5 Å². The van der Waals surface area contributed by atoms with Gasteiger partial charge in [-0.3, -0.25) is 0 Å². The maximum atomic E-state index is 5.46. The summed E-state index contributed by atoms with van der Waals surface area (Å²) in [5, 5.41) is 0. The molecule has 2 aromatic rings. The Labute approximate surface area is 242 Å². The van der Waals surface area contributed by atoms with Gasteiger partial charge in [0.25, 0.3) is 0 Å². The van der Waals surface area contributed by atoms with Gasteiger partial charge in [-0.2, -0.15) is 0 Å². The van der Waals surface area contributed by atoms with E-state index in [1.807, 2.05) is 0 Å². The smallest absolute Gasteiger partial charge is 0.118 e. The molecule has 0 N–H and O–H groups in total. The molecule has 0 spiro atoms. The normalized spacial score (nSPS) is 34.7. The Hall–Kier alpha value is -2.78. The molecule has 3 heteroatoms. The molecule has 0 bridgehead atoms. The van der Waals surface area contributed by atoms with Gasteiger partial charge in [-0.05, 0) is 88.9 Å². The molecular formula is C37H46O2Si. The number of benzene rings is 2. The van der Waals surface area contributed by atoms with Gasteiger partial charge < -0.3 is 9.47 Å². The highest BCUT2D eigenvalue weighted by Crippen LogP contribution is 2.63. The van der Waals surface area contributed by atoms with Crippen LogP contribution in [0, 0.1) is 29.6 Å². The van der Waals surface area contributed by atoms with Crippen molar-refractivity contribution in [2.24, 2.45) is 29.6 Å². The number of allylic oxidation sites excluding steroid dienone is 8. The van der Waals surface area contributed by atoms with E-state index in [4.69, 9.17) is 9.47 Å². The molecule has 4 aliphatic carbocycles. The number of rotatable bonds is 6. The molecule has 0 radical (unpaired) electrons. The Balaban J connectivity index is 1.27. The van der Waals surface area contributed by atoms with Gasteiger partial charge in [0.2, 0.25) is 0 Å². The molecule has 210 valence electrons. The van der Waals surface area contributed by atoms with Crippen LogP contribution in [0.5, 0.6) is 11.5 Å². The number of methoxy groups -OCH3 is 2. The standard InChI is InChI=1S/C37H46O2Si/c1-25-24-35-31(27-16-20-29(39-3)21-17-27)11-7-9-13-34(35)37(25)40(4,5)36-23-22-32-30(10-6-8-12-33(32)36)26-14-18-28(38-2)19-15-26/h6-21,25,30-37H,22-24H2,1-5H3. The lowest BCUT2D eigenvalue weighted by molar-refractivity contribution is 0.402. The highest BCUT2D eigenvalue weighted by Gasteiger charge is 2.56. The van der Waals surface area contributed by atoms with E-state index in [2.05, 4.69) is 117 Å². The Morgan fingerprint density at radius 2 is 1.12 bits per heavy atom. The van der Waals surface area contributed by atoms with Crippen LogP contribution in [0.3, 0.4) is 0 Å². The summed E-state index contributed by atoms with van der Waals surface area (Å²) in [6.07, 6.45) is 23.5. The minimum atomic E-state index is -1.65. The summed E-state index contributed by atoms with van der Waals surface area (Å²) in [7, 11) is 1.85. The Kier molecular flexibility index (Phi) is 7.70. The summed E-state index contributed by atoms with van der Waals surface area (Å²) in [6.45, 7) is 8.09. The lowest BCUT2D eigenvalue weighted by Gasteiger charge is -2.44. The summed E-state index contributed by atoms with van der Waals surface area (Å²) in [6, 6.07) is 17.7. The second-order valence-corrected chi connectivity index (χ2v) is 18.4. The average Bonchev–Trinajstić information content (AvgIpc) is 3.39. The van der Waals surface area contributed by atoms with Gasteiger partial charge in [0.1, 0.15) is 11.5 Å². The molecule has 0 aromatic heterocycles. The van der Waals surface area contributed by atoms with E-state index in [9.17, 15) is 0 Å². The number of ether oxygens (including phenoxy) is 2. The molecule has 6 rings (SSSR count). The molecule has 0 saturated heterocycles. The third kappa shape index (κ3) is 4.85. The van der Waals surface area contributed by atoms with Crippen molar-refractivity contribution in [1.82, 2.24) is 0 Å². The zero-order valence-corrected chi connectivity index (χ0v) is 25.9. The van der Waals surface area contributed by atoms with Crippen molar-refractivity contribution in [2.75, 3.05) is 14.2 Å². The Morgan fingerprint density at radius 3 is 1.68 bits per heavy atom. The predicted molar refractivity (Wildman–Crippen MR) is 170 cm³/mol. The van der Waals surface area contributed by atoms with Gasteiger partial charge in [0, 0.05) is 11.8 Å². The highest BCUT2D eigenvalue weighted by molar-refractivity contribution is 6.80. The quantitative estimate of drug-likeness (QED) is 0.333. The van der Waals surface area contributed by atoms with Crippen molar-refractivity contribution >= 4 is 8.07 Å².